The van der Waals surface area contributed by atoms with Gasteiger partial charge in [-0.15, -0.1) is 0 Å². The minimum Gasteiger partial charge on any atom is -0.381 e. The number of aryl methyl sites for hydroxylation is 1. The van der Waals surface area contributed by atoms with Crippen molar-refractivity contribution in [1.82, 2.24) is 0 Å². The molecule has 1 aromatic carbocycles. The van der Waals surface area contributed by atoms with Gasteiger partial charge in [-0.1, -0.05) is 25.1 Å². The Morgan fingerprint density at radius 2 is 2.29 bits per heavy atom. The van der Waals surface area contributed by atoms with Crippen LogP contribution in [-0.4, -0.2) is 12.1 Å². The van der Waals surface area contributed by atoms with Gasteiger partial charge in [0.15, 0.2) is 0 Å². The predicted molar refractivity (Wildman–Crippen MR) is 60.4 cm³/mol. The van der Waals surface area contributed by atoms with E-state index < -0.39 is 0 Å². The standard InChI is InChI=1S/C12H18N2/c1-2-10(13)12-8-7-9-5-3-4-6-11(9)14-12/h3-6,10,12,14H,2,7-8,13H2,1H3. The third kappa shape index (κ3) is 1.75. The molecule has 1 aliphatic rings. The van der Waals surface area contributed by atoms with Crippen LogP contribution < -0.4 is 11.1 Å². The minimum absolute atomic E-state index is 0.281. The summed E-state index contributed by atoms with van der Waals surface area (Å²) in [7, 11) is 0. The van der Waals surface area contributed by atoms with Gasteiger partial charge in [-0.2, -0.15) is 0 Å². The first-order chi connectivity index (χ1) is 6.81. The van der Waals surface area contributed by atoms with Gasteiger partial charge < -0.3 is 11.1 Å². The Bertz CT molecular complexity index is 309. The van der Waals surface area contributed by atoms with Gasteiger partial charge in [0.05, 0.1) is 0 Å². The molecule has 2 atom stereocenters. The van der Waals surface area contributed by atoms with Gasteiger partial charge in [-0.3, -0.25) is 0 Å². The highest BCUT2D eigenvalue weighted by molar-refractivity contribution is 5.53. The summed E-state index contributed by atoms with van der Waals surface area (Å²) in [5.74, 6) is 0. The number of hydrogen-bond acceptors (Lipinski definition) is 2. The second-order valence-corrected chi connectivity index (χ2v) is 4.02. The molecule has 2 nitrogen and oxygen atoms in total. The molecule has 1 heterocycles. The van der Waals surface area contributed by atoms with E-state index in [1.54, 1.807) is 0 Å². The quantitative estimate of drug-likeness (QED) is 0.750. The summed E-state index contributed by atoms with van der Waals surface area (Å²) >= 11 is 0. The van der Waals surface area contributed by atoms with E-state index in [0.717, 1.165) is 19.3 Å². The smallest absolute Gasteiger partial charge is 0.0415 e. The summed E-state index contributed by atoms with van der Waals surface area (Å²) in [5, 5.41) is 3.52. The lowest BCUT2D eigenvalue weighted by Crippen LogP contribution is -2.42. The largest absolute Gasteiger partial charge is 0.381 e. The third-order valence-corrected chi connectivity index (χ3v) is 3.07. The maximum atomic E-state index is 6.04. The molecule has 0 bridgehead atoms. The maximum Gasteiger partial charge on any atom is 0.0415 e. The number of nitrogens with one attached hydrogen (secondary N) is 1. The Hall–Kier alpha value is -1.02. The number of para-hydroxylation sites is 1. The number of hydrogen-bond donors (Lipinski definition) is 2. The lowest BCUT2D eigenvalue weighted by atomic mass is 9.93. The summed E-state index contributed by atoms with van der Waals surface area (Å²) in [6.45, 7) is 2.15. The Kier molecular flexibility index (Phi) is 2.73. The van der Waals surface area contributed by atoms with Crippen molar-refractivity contribution in [2.75, 3.05) is 5.32 Å². The highest BCUT2D eigenvalue weighted by atomic mass is 15.0. The Morgan fingerprint density at radius 1 is 1.50 bits per heavy atom. The molecule has 0 aliphatic carbocycles. The van der Waals surface area contributed by atoms with Gasteiger partial charge in [-0.05, 0) is 30.9 Å². The average molecular weight is 190 g/mol. The molecule has 0 radical (unpaired) electrons. The van der Waals surface area contributed by atoms with E-state index in [2.05, 4.69) is 36.5 Å². The van der Waals surface area contributed by atoms with E-state index in [1.165, 1.54) is 11.3 Å². The maximum absolute atomic E-state index is 6.04. The van der Waals surface area contributed by atoms with Crippen LogP contribution in [-0.2, 0) is 6.42 Å². The van der Waals surface area contributed by atoms with Crippen molar-refractivity contribution in [2.24, 2.45) is 5.73 Å². The molecule has 76 valence electrons. The highest BCUT2D eigenvalue weighted by Gasteiger charge is 2.21. The zero-order chi connectivity index (χ0) is 9.97. The normalized spacial score (nSPS) is 22.3. The van der Waals surface area contributed by atoms with Crippen LogP contribution in [0.4, 0.5) is 5.69 Å². The molecule has 1 aliphatic heterocycles. The van der Waals surface area contributed by atoms with E-state index in [9.17, 15) is 0 Å². The molecule has 2 heteroatoms. The molecule has 0 spiro atoms. The molecule has 2 rings (SSSR count). The summed E-state index contributed by atoms with van der Waals surface area (Å²) in [4.78, 5) is 0. The van der Waals surface area contributed by atoms with E-state index >= 15 is 0 Å². The van der Waals surface area contributed by atoms with Crippen LogP contribution in [0.5, 0.6) is 0 Å². The number of rotatable bonds is 2. The highest BCUT2D eigenvalue weighted by Crippen LogP contribution is 2.25. The van der Waals surface area contributed by atoms with Crippen molar-refractivity contribution >= 4 is 5.69 Å². The monoisotopic (exact) mass is 190 g/mol. The lowest BCUT2D eigenvalue weighted by molar-refractivity contribution is 0.501. The van der Waals surface area contributed by atoms with Crippen LogP contribution in [0.2, 0.25) is 0 Å². The molecule has 0 aromatic heterocycles. The van der Waals surface area contributed by atoms with E-state index in [1.807, 2.05) is 0 Å². The zero-order valence-corrected chi connectivity index (χ0v) is 8.66. The fourth-order valence-electron chi connectivity index (χ4n) is 2.07. The number of fused-ring (bicyclic) bond motifs is 1. The van der Waals surface area contributed by atoms with Crippen LogP contribution in [0.1, 0.15) is 25.3 Å². The van der Waals surface area contributed by atoms with E-state index in [-0.39, 0.29) is 6.04 Å². The Labute approximate surface area is 85.5 Å². The van der Waals surface area contributed by atoms with Gasteiger partial charge in [-0.25, -0.2) is 0 Å². The molecular formula is C12H18N2. The van der Waals surface area contributed by atoms with Crippen LogP contribution >= 0.6 is 0 Å². The van der Waals surface area contributed by atoms with E-state index in [0.29, 0.717) is 6.04 Å². The zero-order valence-electron chi connectivity index (χ0n) is 8.66. The van der Waals surface area contributed by atoms with Crippen LogP contribution in [0.15, 0.2) is 24.3 Å². The summed E-state index contributed by atoms with van der Waals surface area (Å²) in [6.07, 6.45) is 3.35. The third-order valence-electron chi connectivity index (χ3n) is 3.07. The topological polar surface area (TPSA) is 38.0 Å². The Morgan fingerprint density at radius 3 is 3.07 bits per heavy atom. The van der Waals surface area contributed by atoms with Crippen LogP contribution in [0.25, 0.3) is 0 Å². The number of nitrogens with two attached hydrogens (primary N) is 1. The van der Waals surface area contributed by atoms with Crippen molar-refractivity contribution in [3.05, 3.63) is 29.8 Å². The van der Waals surface area contributed by atoms with Crippen molar-refractivity contribution in [1.29, 1.82) is 0 Å². The first-order valence-electron chi connectivity index (χ1n) is 5.41. The molecule has 14 heavy (non-hydrogen) atoms. The molecule has 0 amide bonds. The van der Waals surface area contributed by atoms with Crippen molar-refractivity contribution in [3.63, 3.8) is 0 Å². The molecule has 0 saturated carbocycles. The molecular weight excluding hydrogens is 172 g/mol. The van der Waals surface area contributed by atoms with Crippen LogP contribution in [0.3, 0.4) is 0 Å². The van der Waals surface area contributed by atoms with Gasteiger partial charge in [0, 0.05) is 17.8 Å². The van der Waals surface area contributed by atoms with Gasteiger partial charge in [0.1, 0.15) is 0 Å². The molecule has 1 aromatic rings. The summed E-state index contributed by atoms with van der Waals surface area (Å²) < 4.78 is 0. The molecule has 2 unspecified atom stereocenters. The second-order valence-electron chi connectivity index (χ2n) is 4.02. The fourth-order valence-corrected chi connectivity index (χ4v) is 2.07. The minimum atomic E-state index is 0.281. The van der Waals surface area contributed by atoms with Crippen LogP contribution in [0, 0.1) is 0 Å². The molecule has 3 N–H and O–H groups in total. The second kappa shape index (κ2) is 4.01. The lowest BCUT2D eigenvalue weighted by Gasteiger charge is -2.30. The summed E-state index contributed by atoms with van der Waals surface area (Å²) in [6, 6.07) is 9.24. The first-order valence-corrected chi connectivity index (χ1v) is 5.41. The van der Waals surface area contributed by atoms with E-state index in [4.69, 9.17) is 5.73 Å². The number of benzene rings is 1. The fraction of sp³-hybridized carbons (Fsp3) is 0.500. The number of anilines is 1. The summed E-state index contributed by atoms with van der Waals surface area (Å²) in [5.41, 5.74) is 8.74. The molecule has 0 saturated heterocycles. The van der Waals surface area contributed by atoms with Crippen molar-refractivity contribution in [3.8, 4) is 0 Å². The SMILES string of the molecule is CCC(N)C1CCc2ccccc2N1. The van der Waals surface area contributed by atoms with Gasteiger partial charge in [0.2, 0.25) is 0 Å². The first kappa shape index (κ1) is 9.53. The van der Waals surface area contributed by atoms with Gasteiger partial charge >= 0.3 is 0 Å². The predicted octanol–water partition coefficient (Wildman–Crippen LogP) is 2.15. The van der Waals surface area contributed by atoms with Crippen molar-refractivity contribution in [2.45, 2.75) is 38.3 Å². The van der Waals surface area contributed by atoms with Crippen molar-refractivity contribution < 1.29 is 0 Å². The molecule has 0 fully saturated rings. The van der Waals surface area contributed by atoms with Gasteiger partial charge in [0.25, 0.3) is 0 Å². The Balaban J connectivity index is 2.13. The average Bonchev–Trinajstić information content (AvgIpc) is 2.27.